The summed E-state index contributed by atoms with van der Waals surface area (Å²) >= 11 is 3.66. The van der Waals surface area contributed by atoms with Crippen LogP contribution in [0.25, 0.3) is 0 Å². The van der Waals surface area contributed by atoms with Crippen molar-refractivity contribution in [3.8, 4) is 0 Å². The van der Waals surface area contributed by atoms with Crippen molar-refractivity contribution in [1.82, 2.24) is 0 Å². The van der Waals surface area contributed by atoms with Crippen molar-refractivity contribution in [3.63, 3.8) is 0 Å². The molecule has 1 fully saturated rings. The lowest BCUT2D eigenvalue weighted by Crippen LogP contribution is -2.22. The summed E-state index contributed by atoms with van der Waals surface area (Å²) in [4.78, 5) is 0. The molecule has 102 valence electrons. The first kappa shape index (κ1) is 15.5. The van der Waals surface area contributed by atoms with Crippen LogP contribution in [0.4, 0.5) is 0 Å². The van der Waals surface area contributed by atoms with Gasteiger partial charge in [-0.15, -0.1) is 0 Å². The molecular weight excluding hydrogens is 276 g/mol. The molecule has 2 heteroatoms. The van der Waals surface area contributed by atoms with E-state index in [4.69, 9.17) is 4.74 Å². The van der Waals surface area contributed by atoms with E-state index in [1.165, 1.54) is 64.2 Å². The van der Waals surface area contributed by atoms with Crippen molar-refractivity contribution < 1.29 is 4.74 Å². The van der Waals surface area contributed by atoms with Crippen LogP contribution in [0.2, 0.25) is 0 Å². The minimum absolute atomic E-state index is 0.474. The van der Waals surface area contributed by atoms with E-state index in [0.717, 1.165) is 18.5 Å². The molecule has 0 aromatic carbocycles. The van der Waals surface area contributed by atoms with Crippen molar-refractivity contribution in [1.29, 1.82) is 0 Å². The average molecular weight is 305 g/mol. The van der Waals surface area contributed by atoms with E-state index in [9.17, 15) is 0 Å². The van der Waals surface area contributed by atoms with Crippen molar-refractivity contribution in [2.24, 2.45) is 5.41 Å². The van der Waals surface area contributed by atoms with Crippen molar-refractivity contribution >= 4 is 15.9 Å². The van der Waals surface area contributed by atoms with Gasteiger partial charge in [0.2, 0.25) is 0 Å². The van der Waals surface area contributed by atoms with E-state index in [-0.39, 0.29) is 0 Å². The molecule has 0 N–H and O–H groups in total. The van der Waals surface area contributed by atoms with E-state index in [1.807, 2.05) is 0 Å². The van der Waals surface area contributed by atoms with Gasteiger partial charge in [0.15, 0.2) is 0 Å². The molecule has 0 spiro atoms. The topological polar surface area (TPSA) is 9.23 Å². The van der Waals surface area contributed by atoms with Gasteiger partial charge in [0.05, 0.1) is 6.61 Å². The summed E-state index contributed by atoms with van der Waals surface area (Å²) in [5.74, 6) is 0. The van der Waals surface area contributed by atoms with Gasteiger partial charge in [0.25, 0.3) is 0 Å². The van der Waals surface area contributed by atoms with Gasteiger partial charge in [0.1, 0.15) is 0 Å². The fraction of sp³-hybridized carbons (Fsp3) is 1.00. The predicted molar refractivity (Wildman–Crippen MR) is 78.9 cm³/mol. The monoisotopic (exact) mass is 304 g/mol. The zero-order valence-electron chi connectivity index (χ0n) is 11.5. The number of halogens is 1. The third kappa shape index (κ3) is 6.24. The summed E-state index contributed by atoms with van der Waals surface area (Å²) in [7, 11) is 0. The van der Waals surface area contributed by atoms with Crippen molar-refractivity contribution in [2.45, 2.75) is 71.1 Å². The highest BCUT2D eigenvalue weighted by Crippen LogP contribution is 2.36. The van der Waals surface area contributed by atoms with E-state index >= 15 is 0 Å². The number of alkyl halides is 1. The maximum absolute atomic E-state index is 5.54. The number of ether oxygens (including phenoxy) is 1. The van der Waals surface area contributed by atoms with Gasteiger partial charge in [-0.1, -0.05) is 74.2 Å². The van der Waals surface area contributed by atoms with Crippen LogP contribution < -0.4 is 0 Å². The van der Waals surface area contributed by atoms with Crippen LogP contribution in [0.5, 0.6) is 0 Å². The number of hydrogen-bond acceptors (Lipinski definition) is 1. The van der Waals surface area contributed by atoms with Gasteiger partial charge in [-0.2, -0.15) is 0 Å². The summed E-state index contributed by atoms with van der Waals surface area (Å²) in [5, 5.41) is 1.12. The van der Waals surface area contributed by atoms with Crippen LogP contribution in [0.3, 0.4) is 0 Å². The smallest absolute Gasteiger partial charge is 0.0531 e. The van der Waals surface area contributed by atoms with Gasteiger partial charge in [-0.05, 0) is 12.8 Å². The molecule has 1 atom stereocenters. The van der Waals surface area contributed by atoms with Crippen molar-refractivity contribution in [2.75, 3.05) is 18.5 Å². The molecule has 1 heterocycles. The Morgan fingerprint density at radius 2 is 1.65 bits per heavy atom. The van der Waals surface area contributed by atoms with Gasteiger partial charge < -0.3 is 4.74 Å². The molecule has 1 aliphatic rings. The highest BCUT2D eigenvalue weighted by Gasteiger charge is 2.32. The Bertz CT molecular complexity index is 176. The molecule has 1 nitrogen and oxygen atoms in total. The van der Waals surface area contributed by atoms with Crippen LogP contribution in [0.15, 0.2) is 0 Å². The first-order valence-electron chi connectivity index (χ1n) is 7.47. The van der Waals surface area contributed by atoms with Crippen LogP contribution in [-0.4, -0.2) is 18.5 Å². The Labute approximate surface area is 116 Å². The first-order chi connectivity index (χ1) is 8.33. The highest BCUT2D eigenvalue weighted by molar-refractivity contribution is 9.09. The largest absolute Gasteiger partial charge is 0.381 e. The summed E-state index contributed by atoms with van der Waals surface area (Å²) in [6, 6.07) is 0. The molecule has 0 aliphatic carbocycles. The van der Waals surface area contributed by atoms with Gasteiger partial charge >= 0.3 is 0 Å². The summed E-state index contributed by atoms with van der Waals surface area (Å²) in [6.07, 6.45) is 14.0. The SMILES string of the molecule is CCCCCCCCCCC1(CBr)CCOC1. The fourth-order valence-electron chi connectivity index (χ4n) is 2.65. The molecule has 1 aliphatic heterocycles. The molecule has 1 unspecified atom stereocenters. The summed E-state index contributed by atoms with van der Waals surface area (Å²) < 4.78 is 5.54. The molecular formula is C15H29BrO. The van der Waals surface area contributed by atoms with Gasteiger partial charge in [-0.3, -0.25) is 0 Å². The Morgan fingerprint density at radius 3 is 2.18 bits per heavy atom. The minimum atomic E-state index is 0.474. The Hall–Kier alpha value is 0.440. The number of unbranched alkanes of at least 4 members (excludes halogenated alkanes) is 7. The quantitative estimate of drug-likeness (QED) is 0.392. The van der Waals surface area contributed by atoms with Gasteiger partial charge in [-0.25, -0.2) is 0 Å². The second-order valence-electron chi connectivity index (χ2n) is 5.66. The molecule has 0 amide bonds. The van der Waals surface area contributed by atoms with Crippen LogP contribution in [0.1, 0.15) is 71.1 Å². The average Bonchev–Trinajstić information content (AvgIpc) is 2.82. The second kappa shape index (κ2) is 9.38. The van der Waals surface area contributed by atoms with Crippen molar-refractivity contribution in [3.05, 3.63) is 0 Å². The standard InChI is InChI=1S/C15H29BrO/c1-2-3-4-5-6-7-8-9-10-15(13-16)11-12-17-14-15/h2-14H2,1H3. The maximum atomic E-state index is 5.54. The first-order valence-corrected chi connectivity index (χ1v) is 8.59. The fourth-order valence-corrected chi connectivity index (χ4v) is 3.38. The molecule has 0 aromatic rings. The zero-order valence-corrected chi connectivity index (χ0v) is 13.1. The third-order valence-electron chi connectivity index (χ3n) is 4.03. The van der Waals surface area contributed by atoms with E-state index in [0.29, 0.717) is 5.41 Å². The van der Waals surface area contributed by atoms with E-state index in [1.54, 1.807) is 0 Å². The summed E-state index contributed by atoms with van der Waals surface area (Å²) in [5.41, 5.74) is 0.474. The molecule has 1 rings (SSSR count). The number of hydrogen-bond donors (Lipinski definition) is 0. The summed E-state index contributed by atoms with van der Waals surface area (Å²) in [6.45, 7) is 4.24. The predicted octanol–water partition coefficient (Wildman–Crippen LogP) is 5.32. The zero-order chi connectivity index (χ0) is 12.4. The Kier molecular flexibility index (Phi) is 8.55. The molecule has 17 heavy (non-hydrogen) atoms. The molecule has 0 bridgehead atoms. The lowest BCUT2D eigenvalue weighted by atomic mass is 9.84. The Balaban J connectivity index is 1.92. The highest BCUT2D eigenvalue weighted by atomic mass is 79.9. The van der Waals surface area contributed by atoms with E-state index in [2.05, 4.69) is 22.9 Å². The van der Waals surface area contributed by atoms with Crippen LogP contribution in [-0.2, 0) is 4.74 Å². The van der Waals surface area contributed by atoms with E-state index < -0.39 is 0 Å². The lowest BCUT2D eigenvalue weighted by molar-refractivity contribution is 0.156. The molecule has 0 radical (unpaired) electrons. The molecule has 0 saturated carbocycles. The van der Waals surface area contributed by atoms with Crippen LogP contribution in [0, 0.1) is 5.41 Å². The second-order valence-corrected chi connectivity index (χ2v) is 6.22. The van der Waals surface area contributed by atoms with Crippen LogP contribution >= 0.6 is 15.9 Å². The van der Waals surface area contributed by atoms with Gasteiger partial charge in [0, 0.05) is 17.4 Å². The minimum Gasteiger partial charge on any atom is -0.381 e. The normalized spacial score (nSPS) is 24.4. The molecule has 0 aromatic heterocycles. The number of rotatable bonds is 10. The third-order valence-corrected chi connectivity index (χ3v) is 5.22. The lowest BCUT2D eigenvalue weighted by Gasteiger charge is -2.24. The maximum Gasteiger partial charge on any atom is 0.0531 e. The molecule has 1 saturated heterocycles. The Morgan fingerprint density at radius 1 is 1.00 bits per heavy atom.